The summed E-state index contributed by atoms with van der Waals surface area (Å²) in [6.07, 6.45) is 0.948. The van der Waals surface area contributed by atoms with Gasteiger partial charge in [0.25, 0.3) is 0 Å². The Labute approximate surface area is 123 Å². The summed E-state index contributed by atoms with van der Waals surface area (Å²) in [5.74, 6) is -0.966. The van der Waals surface area contributed by atoms with Crippen LogP contribution in [0.3, 0.4) is 0 Å². The van der Waals surface area contributed by atoms with Gasteiger partial charge in [-0.1, -0.05) is 43.0 Å². The highest BCUT2D eigenvalue weighted by Gasteiger charge is 2.51. The summed E-state index contributed by atoms with van der Waals surface area (Å²) in [5, 5.41) is 12.4. The summed E-state index contributed by atoms with van der Waals surface area (Å²) in [6.45, 7) is 4.18. The fraction of sp³-hybridized carbons (Fsp3) is 0.333. The molecule has 1 heterocycles. The molecule has 0 aliphatic carbocycles. The van der Waals surface area contributed by atoms with Crippen LogP contribution >= 0.6 is 0 Å². The maximum atomic E-state index is 11.6. The number of nitrogens with zero attached hydrogens (tertiary/aromatic N) is 1. The molecule has 1 aliphatic heterocycles. The molecule has 112 valence electrons. The van der Waals surface area contributed by atoms with Crippen molar-refractivity contribution in [3.63, 3.8) is 0 Å². The van der Waals surface area contributed by atoms with Crippen molar-refractivity contribution in [1.29, 1.82) is 0 Å². The van der Waals surface area contributed by atoms with Gasteiger partial charge in [-0.2, -0.15) is 0 Å². The fourth-order valence-corrected chi connectivity index (χ4v) is 2.15. The molecule has 0 bridgehead atoms. The standard InChI is InChI=1S/C15H18N2O4/c1-2-8-21-14(20)17-10-15(11-17,13(18)19)16-9-12-6-4-3-5-7-12/h2-7,16H,1,8-11H2,(H,18,19). The minimum absolute atomic E-state index is 0.0884. The summed E-state index contributed by atoms with van der Waals surface area (Å²) in [4.78, 5) is 24.4. The first kappa shape index (κ1) is 15.1. The lowest BCUT2D eigenvalue weighted by Crippen LogP contribution is -2.74. The molecule has 1 fully saturated rings. The molecular formula is C15H18N2O4. The molecule has 1 aliphatic rings. The van der Waals surface area contributed by atoms with E-state index >= 15 is 0 Å². The van der Waals surface area contributed by atoms with Gasteiger partial charge < -0.3 is 14.7 Å². The van der Waals surface area contributed by atoms with Crippen molar-refractivity contribution in [3.8, 4) is 0 Å². The molecule has 21 heavy (non-hydrogen) atoms. The number of carbonyl (C=O) groups is 2. The highest BCUT2D eigenvalue weighted by molar-refractivity contribution is 5.84. The van der Waals surface area contributed by atoms with Crippen LogP contribution in [0.2, 0.25) is 0 Å². The van der Waals surface area contributed by atoms with Crippen LogP contribution in [0.1, 0.15) is 5.56 Å². The van der Waals surface area contributed by atoms with Gasteiger partial charge >= 0.3 is 12.1 Å². The van der Waals surface area contributed by atoms with E-state index in [1.807, 2.05) is 30.3 Å². The number of rotatable bonds is 6. The number of amides is 1. The van der Waals surface area contributed by atoms with Crippen LogP contribution in [0.25, 0.3) is 0 Å². The Hall–Kier alpha value is -2.34. The molecule has 0 aromatic heterocycles. The first-order chi connectivity index (χ1) is 10.1. The summed E-state index contributed by atoms with van der Waals surface area (Å²) in [7, 11) is 0. The monoisotopic (exact) mass is 290 g/mol. The molecule has 1 amide bonds. The number of aliphatic carboxylic acids is 1. The SMILES string of the molecule is C=CCOC(=O)N1CC(NCc2ccccc2)(C(=O)O)C1. The van der Waals surface area contributed by atoms with Crippen molar-refractivity contribution in [2.45, 2.75) is 12.1 Å². The van der Waals surface area contributed by atoms with Crippen molar-refractivity contribution in [3.05, 3.63) is 48.6 Å². The van der Waals surface area contributed by atoms with E-state index in [2.05, 4.69) is 11.9 Å². The van der Waals surface area contributed by atoms with E-state index in [0.717, 1.165) is 5.56 Å². The Bertz CT molecular complexity index is 524. The van der Waals surface area contributed by atoms with E-state index in [4.69, 9.17) is 4.74 Å². The molecular weight excluding hydrogens is 272 g/mol. The van der Waals surface area contributed by atoms with Gasteiger partial charge in [0.15, 0.2) is 5.54 Å². The molecule has 1 aromatic carbocycles. The zero-order valence-electron chi connectivity index (χ0n) is 11.6. The zero-order chi connectivity index (χ0) is 15.3. The van der Waals surface area contributed by atoms with E-state index in [0.29, 0.717) is 6.54 Å². The lowest BCUT2D eigenvalue weighted by atomic mass is 9.90. The number of carbonyl (C=O) groups excluding carboxylic acids is 1. The molecule has 0 saturated carbocycles. The van der Waals surface area contributed by atoms with E-state index in [1.54, 1.807) is 0 Å². The van der Waals surface area contributed by atoms with Gasteiger partial charge in [-0.05, 0) is 5.56 Å². The van der Waals surface area contributed by atoms with Crippen LogP contribution in [-0.2, 0) is 16.1 Å². The normalized spacial score (nSPS) is 15.9. The summed E-state index contributed by atoms with van der Waals surface area (Å²) < 4.78 is 4.88. The van der Waals surface area contributed by atoms with Gasteiger partial charge in [0.1, 0.15) is 6.61 Å². The number of benzene rings is 1. The highest BCUT2D eigenvalue weighted by atomic mass is 16.6. The minimum atomic E-state index is -1.11. The maximum Gasteiger partial charge on any atom is 0.410 e. The quantitative estimate of drug-likeness (QED) is 0.771. The van der Waals surface area contributed by atoms with Crippen LogP contribution < -0.4 is 5.32 Å². The average molecular weight is 290 g/mol. The second kappa shape index (κ2) is 6.41. The van der Waals surface area contributed by atoms with E-state index in [9.17, 15) is 14.7 Å². The molecule has 1 aromatic rings. The van der Waals surface area contributed by atoms with Crippen LogP contribution in [0.15, 0.2) is 43.0 Å². The van der Waals surface area contributed by atoms with Gasteiger partial charge in [-0.3, -0.25) is 10.1 Å². The first-order valence-corrected chi connectivity index (χ1v) is 6.62. The Morgan fingerprint density at radius 3 is 2.62 bits per heavy atom. The number of ether oxygens (including phenoxy) is 1. The number of hydrogen-bond acceptors (Lipinski definition) is 4. The van der Waals surface area contributed by atoms with Crippen LogP contribution in [0.4, 0.5) is 4.79 Å². The molecule has 0 spiro atoms. The number of carboxylic acid groups (broad SMARTS) is 1. The van der Waals surface area contributed by atoms with Crippen molar-refractivity contribution in [1.82, 2.24) is 10.2 Å². The van der Waals surface area contributed by atoms with Gasteiger partial charge in [0.2, 0.25) is 0 Å². The van der Waals surface area contributed by atoms with Crippen molar-refractivity contribution < 1.29 is 19.4 Å². The molecule has 2 rings (SSSR count). The zero-order valence-corrected chi connectivity index (χ0v) is 11.6. The average Bonchev–Trinajstić information content (AvgIpc) is 2.44. The third-order valence-corrected chi connectivity index (χ3v) is 3.39. The smallest absolute Gasteiger partial charge is 0.410 e. The van der Waals surface area contributed by atoms with Crippen molar-refractivity contribution in [2.24, 2.45) is 0 Å². The topological polar surface area (TPSA) is 78.9 Å². The Kier molecular flexibility index (Phi) is 4.59. The van der Waals surface area contributed by atoms with Gasteiger partial charge in [0.05, 0.1) is 13.1 Å². The van der Waals surface area contributed by atoms with Gasteiger partial charge in [-0.15, -0.1) is 0 Å². The summed E-state index contributed by atoms with van der Waals surface area (Å²) in [6, 6.07) is 9.51. The Morgan fingerprint density at radius 1 is 1.38 bits per heavy atom. The third kappa shape index (κ3) is 3.41. The second-order valence-electron chi connectivity index (χ2n) is 4.95. The minimum Gasteiger partial charge on any atom is -0.480 e. The predicted molar refractivity (Wildman–Crippen MR) is 76.8 cm³/mol. The number of nitrogens with one attached hydrogen (secondary N) is 1. The molecule has 0 atom stereocenters. The van der Waals surface area contributed by atoms with Crippen molar-refractivity contribution >= 4 is 12.1 Å². The third-order valence-electron chi connectivity index (χ3n) is 3.39. The van der Waals surface area contributed by atoms with Crippen LogP contribution in [-0.4, -0.2) is 47.3 Å². The summed E-state index contributed by atoms with van der Waals surface area (Å²) in [5.41, 5.74) is -0.117. The lowest BCUT2D eigenvalue weighted by molar-refractivity contribution is -0.151. The largest absolute Gasteiger partial charge is 0.480 e. The first-order valence-electron chi connectivity index (χ1n) is 6.62. The van der Waals surface area contributed by atoms with Crippen molar-refractivity contribution in [2.75, 3.05) is 19.7 Å². The Balaban J connectivity index is 1.91. The maximum absolute atomic E-state index is 11.6. The van der Waals surface area contributed by atoms with Gasteiger partial charge in [-0.25, -0.2) is 4.79 Å². The number of likely N-dealkylation sites (tertiary alicyclic amines) is 1. The van der Waals surface area contributed by atoms with E-state index in [1.165, 1.54) is 11.0 Å². The molecule has 0 radical (unpaired) electrons. The molecule has 0 unspecified atom stereocenters. The van der Waals surface area contributed by atoms with Crippen LogP contribution in [0, 0.1) is 0 Å². The second-order valence-corrected chi connectivity index (χ2v) is 4.95. The lowest BCUT2D eigenvalue weighted by Gasteiger charge is -2.46. The number of carboxylic acids is 1. The van der Waals surface area contributed by atoms with E-state index < -0.39 is 17.6 Å². The van der Waals surface area contributed by atoms with Crippen LogP contribution in [0.5, 0.6) is 0 Å². The Morgan fingerprint density at radius 2 is 2.05 bits per heavy atom. The van der Waals surface area contributed by atoms with Gasteiger partial charge in [0, 0.05) is 6.54 Å². The molecule has 2 N–H and O–H groups in total. The predicted octanol–water partition coefficient (Wildman–Crippen LogP) is 1.24. The highest BCUT2D eigenvalue weighted by Crippen LogP contribution is 2.23. The van der Waals surface area contributed by atoms with E-state index in [-0.39, 0.29) is 19.7 Å². The molecule has 6 nitrogen and oxygen atoms in total. The molecule has 1 saturated heterocycles. The molecule has 6 heteroatoms. The fourth-order valence-electron chi connectivity index (χ4n) is 2.15. The number of hydrogen-bond donors (Lipinski definition) is 2. The summed E-state index contributed by atoms with van der Waals surface area (Å²) >= 11 is 0.